The first-order valence-corrected chi connectivity index (χ1v) is 4.34. The molecule has 0 aliphatic rings. The lowest BCUT2D eigenvalue weighted by atomic mass is 10.2. The summed E-state index contributed by atoms with van der Waals surface area (Å²) in [5.41, 5.74) is 1.02. The van der Waals surface area contributed by atoms with E-state index in [2.05, 4.69) is 0 Å². The largest absolute Gasteiger partial charge is 0.259 e. The monoisotopic (exact) mass is 152 g/mol. The zero-order chi connectivity index (χ0) is 7.40. The minimum atomic E-state index is -1.22. The summed E-state index contributed by atoms with van der Waals surface area (Å²) in [6.07, 6.45) is 5.10. The van der Waals surface area contributed by atoms with Crippen LogP contribution in [0.1, 0.15) is 5.56 Å². The Kier molecular flexibility index (Phi) is 2.63. The molecule has 1 rings (SSSR count). The molecule has 0 N–H and O–H groups in total. The van der Waals surface area contributed by atoms with Crippen LogP contribution in [0.25, 0.3) is 0 Å². The van der Waals surface area contributed by atoms with E-state index in [0.717, 1.165) is 5.56 Å². The van der Waals surface area contributed by atoms with Crippen LogP contribution >= 0.6 is 0 Å². The Bertz CT molecular complexity index is 218. The Balaban J connectivity index is 2.67. The quantitative estimate of drug-likeness (QED) is 0.629. The van der Waals surface area contributed by atoms with Crippen LogP contribution in [0.5, 0.6) is 0 Å². The van der Waals surface area contributed by atoms with Gasteiger partial charge in [0, 0.05) is 16.6 Å². The van der Waals surface area contributed by atoms with Crippen LogP contribution in [0.15, 0.2) is 30.3 Å². The molecule has 0 saturated carbocycles. The van der Waals surface area contributed by atoms with E-state index >= 15 is 0 Å². The second kappa shape index (κ2) is 3.52. The summed E-state index contributed by atoms with van der Waals surface area (Å²) in [6.45, 7) is 0. The van der Waals surface area contributed by atoms with Gasteiger partial charge in [-0.3, -0.25) is 4.21 Å². The van der Waals surface area contributed by atoms with Gasteiger partial charge in [-0.25, -0.2) is 0 Å². The Morgan fingerprint density at radius 3 is 2.40 bits per heavy atom. The zero-order valence-electron chi connectivity index (χ0n) is 5.49. The van der Waals surface area contributed by atoms with Crippen molar-refractivity contribution in [2.45, 2.75) is 5.75 Å². The van der Waals surface area contributed by atoms with Crippen molar-refractivity contribution >= 4 is 10.8 Å². The summed E-state index contributed by atoms with van der Waals surface area (Å²) in [4.78, 5) is 0. The SMILES string of the molecule is [CH]S(=O)Cc1ccccc1. The van der Waals surface area contributed by atoms with Crippen molar-refractivity contribution in [2.24, 2.45) is 0 Å². The third-order valence-corrected chi connectivity index (χ3v) is 1.77. The van der Waals surface area contributed by atoms with Gasteiger partial charge in [-0.15, -0.1) is 0 Å². The first-order valence-electron chi connectivity index (χ1n) is 2.96. The maximum atomic E-state index is 10.5. The van der Waals surface area contributed by atoms with E-state index < -0.39 is 10.8 Å². The Hall–Kier alpha value is -0.630. The molecule has 0 spiro atoms. The fourth-order valence-corrected chi connectivity index (χ4v) is 1.26. The summed E-state index contributed by atoms with van der Waals surface area (Å²) in [6, 6.07) is 9.54. The Morgan fingerprint density at radius 1 is 1.30 bits per heavy atom. The summed E-state index contributed by atoms with van der Waals surface area (Å²) < 4.78 is 10.5. The number of rotatable bonds is 2. The lowest BCUT2D eigenvalue weighted by molar-refractivity contribution is 0.688. The van der Waals surface area contributed by atoms with Gasteiger partial charge >= 0.3 is 0 Å². The van der Waals surface area contributed by atoms with Crippen molar-refractivity contribution < 1.29 is 4.21 Å². The van der Waals surface area contributed by atoms with Gasteiger partial charge in [0.2, 0.25) is 0 Å². The molecule has 1 aromatic rings. The molecule has 0 saturated heterocycles. The molecule has 52 valence electrons. The number of benzene rings is 1. The molecule has 0 bridgehead atoms. The van der Waals surface area contributed by atoms with Gasteiger partial charge in [0.15, 0.2) is 0 Å². The minimum absolute atomic E-state index is 0.445. The van der Waals surface area contributed by atoms with Crippen molar-refractivity contribution in [1.29, 1.82) is 0 Å². The third-order valence-electron chi connectivity index (χ3n) is 1.15. The molecule has 0 amide bonds. The smallest absolute Gasteiger partial charge is 0.0662 e. The first-order chi connectivity index (χ1) is 4.79. The Labute approximate surface area is 63.5 Å². The highest BCUT2D eigenvalue weighted by Crippen LogP contribution is 2.01. The topological polar surface area (TPSA) is 17.1 Å². The molecule has 1 atom stereocenters. The van der Waals surface area contributed by atoms with Crippen molar-refractivity contribution in [3.05, 3.63) is 42.2 Å². The molecular formula is C8H8OS. The fourth-order valence-electron chi connectivity index (χ4n) is 0.739. The van der Waals surface area contributed by atoms with Crippen LogP contribution < -0.4 is 0 Å². The van der Waals surface area contributed by atoms with E-state index in [0.29, 0.717) is 5.75 Å². The lowest BCUT2D eigenvalue weighted by Crippen LogP contribution is -1.88. The maximum absolute atomic E-state index is 10.5. The van der Waals surface area contributed by atoms with Crippen molar-refractivity contribution in [1.82, 2.24) is 0 Å². The third kappa shape index (κ3) is 2.31. The highest BCUT2D eigenvalue weighted by Gasteiger charge is 1.92. The average molecular weight is 152 g/mol. The van der Waals surface area contributed by atoms with Gasteiger partial charge in [-0.05, 0) is 5.56 Å². The van der Waals surface area contributed by atoms with Gasteiger partial charge in [-0.2, -0.15) is 0 Å². The molecule has 0 aliphatic heterocycles. The van der Waals surface area contributed by atoms with Crippen molar-refractivity contribution in [2.75, 3.05) is 0 Å². The highest BCUT2D eigenvalue weighted by molar-refractivity contribution is 7.85. The molecule has 0 aromatic heterocycles. The highest BCUT2D eigenvalue weighted by atomic mass is 32.2. The second-order valence-electron chi connectivity index (χ2n) is 2.01. The van der Waals surface area contributed by atoms with Crippen LogP contribution in [0.2, 0.25) is 0 Å². The van der Waals surface area contributed by atoms with Gasteiger partial charge < -0.3 is 0 Å². The fraction of sp³-hybridized carbons (Fsp3) is 0.125. The summed E-state index contributed by atoms with van der Waals surface area (Å²) in [5.74, 6) is 0.445. The van der Waals surface area contributed by atoms with E-state index in [9.17, 15) is 4.21 Å². The average Bonchev–Trinajstić information content (AvgIpc) is 1.88. The first kappa shape index (κ1) is 7.48. The number of hydrogen-bond acceptors (Lipinski definition) is 1. The lowest BCUT2D eigenvalue weighted by Gasteiger charge is -1.94. The van der Waals surface area contributed by atoms with E-state index in [1.54, 1.807) is 0 Å². The predicted molar refractivity (Wildman–Crippen MR) is 42.6 cm³/mol. The second-order valence-corrected chi connectivity index (χ2v) is 3.06. The summed E-state index contributed by atoms with van der Waals surface area (Å²) in [5, 5.41) is 0. The van der Waals surface area contributed by atoms with Gasteiger partial charge in [-0.1, -0.05) is 30.3 Å². The molecular weight excluding hydrogens is 144 g/mol. The summed E-state index contributed by atoms with van der Waals surface area (Å²) >= 11 is 0. The molecule has 2 heteroatoms. The van der Waals surface area contributed by atoms with Crippen LogP contribution in [0, 0.1) is 6.26 Å². The normalized spacial score (nSPS) is 12.9. The molecule has 1 nitrogen and oxygen atoms in total. The maximum Gasteiger partial charge on any atom is 0.0662 e. The molecule has 0 heterocycles. The predicted octanol–water partition coefficient (Wildman–Crippen LogP) is 1.60. The number of hydrogen-bond donors (Lipinski definition) is 0. The standard InChI is InChI=1S/C8H8OS/c1-10(9)7-8-5-3-2-4-6-8/h1-6H,7H2. The summed E-state index contributed by atoms with van der Waals surface area (Å²) in [7, 11) is -1.22. The van der Waals surface area contributed by atoms with Crippen LogP contribution in [0.3, 0.4) is 0 Å². The van der Waals surface area contributed by atoms with Gasteiger partial charge in [0.05, 0.1) is 6.26 Å². The Morgan fingerprint density at radius 2 is 1.90 bits per heavy atom. The van der Waals surface area contributed by atoms with Crippen LogP contribution in [-0.2, 0) is 16.6 Å². The molecule has 0 aliphatic carbocycles. The van der Waals surface area contributed by atoms with Crippen molar-refractivity contribution in [3.8, 4) is 0 Å². The van der Waals surface area contributed by atoms with E-state index in [-0.39, 0.29) is 0 Å². The zero-order valence-corrected chi connectivity index (χ0v) is 6.30. The van der Waals surface area contributed by atoms with Crippen LogP contribution in [-0.4, -0.2) is 4.21 Å². The molecule has 0 fully saturated rings. The van der Waals surface area contributed by atoms with Gasteiger partial charge in [0.1, 0.15) is 0 Å². The molecule has 1 aromatic carbocycles. The van der Waals surface area contributed by atoms with E-state index in [4.69, 9.17) is 6.26 Å². The minimum Gasteiger partial charge on any atom is -0.259 e. The van der Waals surface area contributed by atoms with Crippen LogP contribution in [0.4, 0.5) is 0 Å². The molecule has 2 radical (unpaired) electrons. The van der Waals surface area contributed by atoms with E-state index in [1.807, 2.05) is 30.3 Å². The van der Waals surface area contributed by atoms with Gasteiger partial charge in [0.25, 0.3) is 0 Å². The molecule has 1 unspecified atom stereocenters. The molecule has 10 heavy (non-hydrogen) atoms. The van der Waals surface area contributed by atoms with E-state index in [1.165, 1.54) is 0 Å². The van der Waals surface area contributed by atoms with Crippen molar-refractivity contribution in [3.63, 3.8) is 0 Å².